The van der Waals surface area contributed by atoms with Gasteiger partial charge in [-0.05, 0) is 60.6 Å². The molecule has 2 bridgehead atoms. The summed E-state index contributed by atoms with van der Waals surface area (Å²) in [6.07, 6.45) is 3.79. The van der Waals surface area contributed by atoms with E-state index < -0.39 is 5.97 Å². The minimum absolute atomic E-state index is 0.295. The predicted octanol–water partition coefficient (Wildman–Crippen LogP) is 4.32. The molecule has 2 fully saturated rings. The van der Waals surface area contributed by atoms with Gasteiger partial charge in [0.1, 0.15) is 0 Å². The number of aromatic carboxylic acids is 1. The molecule has 114 valence electrons. The third kappa shape index (κ3) is 1.97. The third-order valence-electron chi connectivity index (χ3n) is 6.61. The van der Waals surface area contributed by atoms with E-state index in [1.54, 1.807) is 12.1 Å². The van der Waals surface area contributed by atoms with Gasteiger partial charge >= 0.3 is 5.97 Å². The van der Waals surface area contributed by atoms with Crippen LogP contribution in [-0.2, 0) is 0 Å². The summed E-state index contributed by atoms with van der Waals surface area (Å²) in [7, 11) is 0. The van der Waals surface area contributed by atoms with E-state index in [0.717, 1.165) is 17.2 Å². The fraction of sp³-hybridized carbons (Fsp3) is 0.611. The maximum Gasteiger partial charge on any atom is 0.335 e. The van der Waals surface area contributed by atoms with Crippen LogP contribution < -0.4 is 5.32 Å². The van der Waals surface area contributed by atoms with Crippen LogP contribution in [0, 0.1) is 23.7 Å². The molecule has 0 saturated heterocycles. The van der Waals surface area contributed by atoms with Crippen molar-refractivity contribution in [3.63, 3.8) is 0 Å². The van der Waals surface area contributed by atoms with Gasteiger partial charge in [0, 0.05) is 11.7 Å². The lowest BCUT2D eigenvalue weighted by Gasteiger charge is -2.40. The quantitative estimate of drug-likeness (QED) is 0.870. The molecule has 21 heavy (non-hydrogen) atoms. The third-order valence-corrected chi connectivity index (χ3v) is 6.61. The molecule has 2 N–H and O–H groups in total. The summed E-state index contributed by atoms with van der Waals surface area (Å²) in [5.74, 6) is -0.0829. The van der Waals surface area contributed by atoms with Crippen molar-refractivity contribution in [3.8, 4) is 0 Å². The van der Waals surface area contributed by atoms with Gasteiger partial charge in [-0.3, -0.25) is 0 Å². The fourth-order valence-corrected chi connectivity index (χ4v) is 4.52. The second-order valence-corrected chi connectivity index (χ2v) is 7.64. The summed E-state index contributed by atoms with van der Waals surface area (Å²) in [6.45, 7) is 9.22. The van der Waals surface area contributed by atoms with E-state index in [9.17, 15) is 9.90 Å². The van der Waals surface area contributed by atoms with Crippen LogP contribution in [0.1, 0.15) is 56.0 Å². The number of fused-ring (bicyclic) bond motifs is 2. The molecular weight excluding hydrogens is 262 g/mol. The summed E-state index contributed by atoms with van der Waals surface area (Å²) in [5.41, 5.74) is 3.11. The van der Waals surface area contributed by atoms with Crippen molar-refractivity contribution in [3.05, 3.63) is 29.3 Å². The summed E-state index contributed by atoms with van der Waals surface area (Å²) in [6, 6.07) is 5.79. The predicted molar refractivity (Wildman–Crippen MR) is 84.8 cm³/mol. The average Bonchev–Trinajstić information content (AvgIpc) is 2.74. The van der Waals surface area contributed by atoms with Crippen LogP contribution in [0.5, 0.6) is 0 Å². The van der Waals surface area contributed by atoms with E-state index in [0.29, 0.717) is 22.4 Å². The van der Waals surface area contributed by atoms with Crippen molar-refractivity contribution in [1.82, 2.24) is 0 Å². The van der Waals surface area contributed by atoms with Crippen molar-refractivity contribution in [2.75, 3.05) is 5.32 Å². The van der Waals surface area contributed by atoms with Gasteiger partial charge in [-0.25, -0.2) is 4.79 Å². The molecule has 0 aliphatic heterocycles. The molecule has 3 atom stereocenters. The van der Waals surface area contributed by atoms with Crippen molar-refractivity contribution in [1.29, 1.82) is 0 Å². The maximum absolute atomic E-state index is 11.2. The Morgan fingerprint density at radius 2 is 2.05 bits per heavy atom. The highest BCUT2D eigenvalue weighted by Gasteiger charge is 2.61. The lowest BCUT2D eigenvalue weighted by atomic mass is 9.69. The minimum Gasteiger partial charge on any atom is -0.478 e. The van der Waals surface area contributed by atoms with Gasteiger partial charge in [0.25, 0.3) is 0 Å². The lowest BCUT2D eigenvalue weighted by molar-refractivity contribution is 0.0697. The zero-order valence-electron chi connectivity index (χ0n) is 13.4. The number of nitrogens with one attached hydrogen (secondary N) is 1. The standard InChI is InChI=1S/C18H25NO2/c1-11-5-6-12(16(20)21)9-14(11)19-15-10-13-7-8-18(15,4)17(13,2)3/h5-6,9,13,15,19H,7-8,10H2,1-4H3,(H,20,21). The summed E-state index contributed by atoms with van der Waals surface area (Å²) in [4.78, 5) is 11.2. The number of anilines is 1. The number of benzene rings is 1. The Bertz CT molecular complexity index is 593. The smallest absolute Gasteiger partial charge is 0.335 e. The van der Waals surface area contributed by atoms with Gasteiger partial charge in [0.2, 0.25) is 0 Å². The molecule has 0 radical (unpaired) electrons. The Hall–Kier alpha value is -1.51. The van der Waals surface area contributed by atoms with E-state index in [1.165, 1.54) is 19.3 Å². The highest BCUT2D eigenvalue weighted by Crippen LogP contribution is 2.65. The van der Waals surface area contributed by atoms with Crippen molar-refractivity contribution in [2.24, 2.45) is 16.7 Å². The van der Waals surface area contributed by atoms with Gasteiger partial charge in [-0.2, -0.15) is 0 Å². The van der Waals surface area contributed by atoms with Crippen molar-refractivity contribution < 1.29 is 9.90 Å². The SMILES string of the molecule is Cc1ccc(C(=O)O)cc1NC1CC2CCC1(C)C2(C)C. The number of carbonyl (C=O) groups is 1. The van der Waals surface area contributed by atoms with Crippen LogP contribution in [0.25, 0.3) is 0 Å². The van der Waals surface area contributed by atoms with Gasteiger partial charge in [0.15, 0.2) is 0 Å². The molecule has 3 unspecified atom stereocenters. The number of aryl methyl sites for hydroxylation is 1. The molecule has 1 aromatic carbocycles. The first-order valence-electron chi connectivity index (χ1n) is 7.86. The molecule has 1 aromatic rings. The van der Waals surface area contributed by atoms with Crippen molar-refractivity contribution in [2.45, 2.75) is 53.0 Å². The highest BCUT2D eigenvalue weighted by atomic mass is 16.4. The molecule has 3 nitrogen and oxygen atoms in total. The summed E-state index contributed by atoms with van der Waals surface area (Å²) in [5, 5.41) is 12.8. The molecule has 0 spiro atoms. The second kappa shape index (κ2) is 4.49. The Kier molecular flexibility index (Phi) is 3.09. The molecule has 2 aliphatic rings. The van der Waals surface area contributed by atoms with Crippen LogP contribution in [0.15, 0.2) is 18.2 Å². The number of carboxylic acid groups (broad SMARTS) is 1. The van der Waals surface area contributed by atoms with E-state index in [4.69, 9.17) is 0 Å². The Balaban J connectivity index is 1.89. The zero-order valence-corrected chi connectivity index (χ0v) is 13.4. The van der Waals surface area contributed by atoms with Crippen LogP contribution in [0.3, 0.4) is 0 Å². The topological polar surface area (TPSA) is 49.3 Å². The van der Waals surface area contributed by atoms with Crippen LogP contribution in [0.4, 0.5) is 5.69 Å². The Morgan fingerprint density at radius 3 is 2.57 bits per heavy atom. The second-order valence-electron chi connectivity index (χ2n) is 7.64. The average molecular weight is 287 g/mol. The minimum atomic E-state index is -0.863. The largest absolute Gasteiger partial charge is 0.478 e. The molecular formula is C18H25NO2. The molecule has 0 aromatic heterocycles. The van der Waals surface area contributed by atoms with Gasteiger partial charge in [-0.1, -0.05) is 26.8 Å². The number of rotatable bonds is 3. The monoisotopic (exact) mass is 287 g/mol. The van der Waals surface area contributed by atoms with Gasteiger partial charge in [0.05, 0.1) is 5.56 Å². The number of carboxylic acids is 1. The normalized spacial score (nSPS) is 33.1. The molecule has 2 saturated carbocycles. The summed E-state index contributed by atoms with van der Waals surface area (Å²) >= 11 is 0. The number of hydrogen-bond donors (Lipinski definition) is 2. The molecule has 3 heteroatoms. The lowest BCUT2D eigenvalue weighted by Crippen LogP contribution is -2.40. The van der Waals surface area contributed by atoms with Crippen LogP contribution in [-0.4, -0.2) is 17.1 Å². The van der Waals surface area contributed by atoms with Crippen LogP contribution >= 0.6 is 0 Å². The van der Waals surface area contributed by atoms with E-state index in [1.807, 2.05) is 13.0 Å². The van der Waals surface area contributed by atoms with E-state index >= 15 is 0 Å². The first kappa shape index (κ1) is 14.4. The molecule has 0 amide bonds. The van der Waals surface area contributed by atoms with Crippen molar-refractivity contribution >= 4 is 11.7 Å². The van der Waals surface area contributed by atoms with Gasteiger partial charge < -0.3 is 10.4 Å². The number of hydrogen-bond acceptors (Lipinski definition) is 2. The molecule has 3 rings (SSSR count). The highest BCUT2D eigenvalue weighted by molar-refractivity contribution is 5.89. The van der Waals surface area contributed by atoms with E-state index in [-0.39, 0.29) is 0 Å². The zero-order chi connectivity index (χ0) is 15.4. The van der Waals surface area contributed by atoms with Crippen LogP contribution in [0.2, 0.25) is 0 Å². The molecule has 0 heterocycles. The molecule has 2 aliphatic carbocycles. The first-order chi connectivity index (χ1) is 9.75. The fourth-order valence-electron chi connectivity index (χ4n) is 4.52. The summed E-state index contributed by atoms with van der Waals surface area (Å²) < 4.78 is 0. The Morgan fingerprint density at radius 1 is 1.33 bits per heavy atom. The first-order valence-corrected chi connectivity index (χ1v) is 7.86. The van der Waals surface area contributed by atoms with Gasteiger partial charge in [-0.15, -0.1) is 0 Å². The van der Waals surface area contributed by atoms with E-state index in [2.05, 4.69) is 26.1 Å². The Labute approximate surface area is 126 Å². The maximum atomic E-state index is 11.2.